The number of rotatable bonds is 6. The SMILES string of the molecule is Cc1cc(-n2c(C)cc(/C=C/C(=O)OCC(=O)NCC(F)(F)F)c2C)no1. The number of nitrogens with one attached hydrogen (secondary N) is 1. The summed E-state index contributed by atoms with van der Waals surface area (Å²) in [4.78, 5) is 22.9. The van der Waals surface area contributed by atoms with Gasteiger partial charge in [0.2, 0.25) is 0 Å². The largest absolute Gasteiger partial charge is 0.452 e. The molecule has 2 aromatic heterocycles. The molecule has 0 bridgehead atoms. The smallest absolute Gasteiger partial charge is 0.405 e. The Morgan fingerprint density at radius 3 is 2.59 bits per heavy atom. The molecule has 0 fully saturated rings. The molecule has 0 unspecified atom stereocenters. The Kier molecular flexibility index (Phi) is 6.09. The summed E-state index contributed by atoms with van der Waals surface area (Å²) in [5.74, 6) is -0.624. The van der Waals surface area contributed by atoms with Crippen LogP contribution in [0.2, 0.25) is 0 Å². The highest BCUT2D eigenvalue weighted by Crippen LogP contribution is 2.21. The fraction of sp³-hybridized carbons (Fsp3) is 0.353. The summed E-state index contributed by atoms with van der Waals surface area (Å²) in [5.41, 5.74) is 2.37. The van der Waals surface area contributed by atoms with Gasteiger partial charge in [-0.1, -0.05) is 5.16 Å². The summed E-state index contributed by atoms with van der Waals surface area (Å²) >= 11 is 0. The van der Waals surface area contributed by atoms with Crippen molar-refractivity contribution in [3.63, 3.8) is 0 Å². The number of carbonyl (C=O) groups is 2. The summed E-state index contributed by atoms with van der Waals surface area (Å²) in [6, 6.07) is 3.58. The van der Waals surface area contributed by atoms with Gasteiger partial charge in [0.25, 0.3) is 5.91 Å². The Morgan fingerprint density at radius 2 is 2.00 bits per heavy atom. The van der Waals surface area contributed by atoms with Crippen LogP contribution < -0.4 is 5.32 Å². The van der Waals surface area contributed by atoms with Gasteiger partial charge in [-0.25, -0.2) is 4.79 Å². The number of aryl methyl sites for hydroxylation is 2. The normalized spacial score (nSPS) is 11.8. The number of amides is 1. The third-order valence-corrected chi connectivity index (χ3v) is 3.55. The Bertz CT molecular complexity index is 865. The number of esters is 1. The van der Waals surface area contributed by atoms with Gasteiger partial charge in [0.05, 0.1) is 0 Å². The van der Waals surface area contributed by atoms with E-state index in [0.717, 1.165) is 17.5 Å². The van der Waals surface area contributed by atoms with Crippen molar-refractivity contribution in [3.8, 4) is 5.82 Å². The fourth-order valence-electron chi connectivity index (χ4n) is 2.36. The van der Waals surface area contributed by atoms with Crippen molar-refractivity contribution in [2.24, 2.45) is 0 Å². The van der Waals surface area contributed by atoms with E-state index in [1.54, 1.807) is 18.3 Å². The molecule has 10 heteroatoms. The lowest BCUT2D eigenvalue weighted by molar-refractivity contribution is -0.148. The minimum Gasteiger partial charge on any atom is -0.452 e. The van der Waals surface area contributed by atoms with Crippen molar-refractivity contribution < 1.29 is 32.0 Å². The fourth-order valence-corrected chi connectivity index (χ4v) is 2.36. The Morgan fingerprint density at radius 1 is 1.30 bits per heavy atom. The van der Waals surface area contributed by atoms with E-state index in [-0.39, 0.29) is 0 Å². The molecule has 2 heterocycles. The lowest BCUT2D eigenvalue weighted by Crippen LogP contribution is -2.36. The first kappa shape index (κ1) is 20.3. The van der Waals surface area contributed by atoms with E-state index in [2.05, 4.69) is 9.89 Å². The minimum atomic E-state index is -4.52. The molecule has 0 aliphatic carbocycles. The molecule has 0 radical (unpaired) electrons. The van der Waals surface area contributed by atoms with Gasteiger partial charge in [-0.15, -0.1) is 0 Å². The van der Waals surface area contributed by atoms with E-state index >= 15 is 0 Å². The van der Waals surface area contributed by atoms with Gasteiger partial charge in [-0.05, 0) is 38.5 Å². The zero-order chi connectivity index (χ0) is 20.2. The van der Waals surface area contributed by atoms with Crippen molar-refractivity contribution in [3.05, 3.63) is 40.9 Å². The maximum atomic E-state index is 12.0. The second-order valence-corrected chi connectivity index (χ2v) is 5.79. The monoisotopic (exact) mass is 385 g/mol. The third kappa shape index (κ3) is 5.73. The number of hydrogen-bond donors (Lipinski definition) is 1. The van der Waals surface area contributed by atoms with Crippen LogP contribution >= 0.6 is 0 Å². The summed E-state index contributed by atoms with van der Waals surface area (Å²) in [5, 5.41) is 5.55. The van der Waals surface area contributed by atoms with E-state index in [0.29, 0.717) is 17.1 Å². The van der Waals surface area contributed by atoms with Crippen LogP contribution in [0.3, 0.4) is 0 Å². The number of aromatic nitrogens is 2. The van der Waals surface area contributed by atoms with Gasteiger partial charge in [-0.2, -0.15) is 13.2 Å². The van der Waals surface area contributed by atoms with Crippen LogP contribution in [0.1, 0.15) is 22.7 Å². The van der Waals surface area contributed by atoms with Crippen LogP contribution in [0.15, 0.2) is 22.7 Å². The van der Waals surface area contributed by atoms with Gasteiger partial charge >= 0.3 is 12.1 Å². The molecule has 2 rings (SSSR count). The summed E-state index contributed by atoms with van der Waals surface area (Å²) in [7, 11) is 0. The van der Waals surface area contributed by atoms with Crippen molar-refractivity contribution >= 4 is 18.0 Å². The van der Waals surface area contributed by atoms with E-state index in [1.807, 2.05) is 24.5 Å². The third-order valence-electron chi connectivity index (χ3n) is 3.55. The van der Waals surface area contributed by atoms with Crippen LogP contribution in [0, 0.1) is 20.8 Å². The van der Waals surface area contributed by atoms with Gasteiger partial charge < -0.3 is 14.6 Å². The van der Waals surface area contributed by atoms with Crippen LogP contribution in [0.5, 0.6) is 0 Å². The highest BCUT2D eigenvalue weighted by atomic mass is 19.4. The zero-order valence-corrected chi connectivity index (χ0v) is 14.9. The van der Waals surface area contributed by atoms with Gasteiger partial charge in [0.15, 0.2) is 12.4 Å². The van der Waals surface area contributed by atoms with Crippen molar-refractivity contribution in [2.75, 3.05) is 13.2 Å². The molecule has 2 aromatic rings. The van der Waals surface area contributed by atoms with E-state index in [4.69, 9.17) is 4.52 Å². The van der Waals surface area contributed by atoms with Crippen LogP contribution in [-0.2, 0) is 14.3 Å². The van der Waals surface area contributed by atoms with Gasteiger partial charge in [0.1, 0.15) is 12.3 Å². The molecule has 0 atom stereocenters. The lowest BCUT2D eigenvalue weighted by atomic mass is 10.2. The highest BCUT2D eigenvalue weighted by Gasteiger charge is 2.27. The van der Waals surface area contributed by atoms with E-state index in [9.17, 15) is 22.8 Å². The van der Waals surface area contributed by atoms with E-state index < -0.39 is 31.2 Å². The number of halogens is 3. The summed E-state index contributed by atoms with van der Waals surface area (Å²) in [6.07, 6.45) is -1.94. The van der Waals surface area contributed by atoms with Crippen LogP contribution in [0.25, 0.3) is 11.9 Å². The first-order chi connectivity index (χ1) is 12.6. The predicted octanol–water partition coefficient (Wildman–Crippen LogP) is 2.63. The Balaban J connectivity index is 1.96. The molecule has 27 heavy (non-hydrogen) atoms. The quantitative estimate of drug-likeness (QED) is 0.610. The van der Waals surface area contributed by atoms with Crippen molar-refractivity contribution in [1.29, 1.82) is 0 Å². The average Bonchev–Trinajstić information content (AvgIpc) is 3.11. The number of hydrogen-bond acceptors (Lipinski definition) is 5. The molecule has 0 saturated carbocycles. The minimum absolute atomic E-state index is 0.603. The maximum Gasteiger partial charge on any atom is 0.405 e. The summed E-state index contributed by atoms with van der Waals surface area (Å²) in [6.45, 7) is 3.18. The first-order valence-corrected chi connectivity index (χ1v) is 7.88. The Hall–Kier alpha value is -3.04. The van der Waals surface area contributed by atoms with Gasteiger partial charge in [-0.3, -0.25) is 9.36 Å². The zero-order valence-electron chi connectivity index (χ0n) is 14.9. The highest BCUT2D eigenvalue weighted by molar-refractivity contribution is 5.89. The molecular weight excluding hydrogens is 367 g/mol. The first-order valence-electron chi connectivity index (χ1n) is 7.88. The van der Waals surface area contributed by atoms with E-state index in [1.165, 1.54) is 6.08 Å². The second kappa shape index (κ2) is 8.11. The molecule has 0 aliphatic heterocycles. The molecule has 7 nitrogen and oxygen atoms in total. The molecule has 0 aromatic carbocycles. The topological polar surface area (TPSA) is 86.4 Å². The molecule has 1 N–H and O–H groups in total. The molecular formula is C17H18F3N3O4. The van der Waals surface area contributed by atoms with Crippen LogP contribution in [0.4, 0.5) is 13.2 Å². The number of nitrogens with zero attached hydrogens (tertiary/aromatic N) is 2. The molecule has 0 saturated heterocycles. The van der Waals surface area contributed by atoms with Crippen molar-refractivity contribution in [1.82, 2.24) is 15.0 Å². The van der Waals surface area contributed by atoms with Crippen LogP contribution in [-0.4, -0.2) is 40.9 Å². The number of alkyl halides is 3. The lowest BCUT2D eigenvalue weighted by Gasteiger charge is -2.07. The average molecular weight is 385 g/mol. The molecule has 0 spiro atoms. The second-order valence-electron chi connectivity index (χ2n) is 5.79. The number of carbonyl (C=O) groups excluding carboxylic acids is 2. The molecule has 146 valence electrons. The van der Waals surface area contributed by atoms with Gasteiger partial charge in [0, 0.05) is 23.5 Å². The Labute approximate surface area is 152 Å². The van der Waals surface area contributed by atoms with Crippen molar-refractivity contribution in [2.45, 2.75) is 26.9 Å². The standard InChI is InChI=1S/C17H18F3N3O4/c1-10-6-13(12(3)23(10)14-7-11(2)27-22-14)4-5-16(25)26-8-15(24)21-9-17(18,19)20/h4-7H,8-9H2,1-3H3,(H,21,24)/b5-4+. The predicted molar refractivity (Wildman–Crippen MR) is 89.1 cm³/mol. The molecule has 0 aliphatic rings. The number of ether oxygens (including phenoxy) is 1. The maximum absolute atomic E-state index is 12.0. The molecule has 1 amide bonds. The summed E-state index contributed by atoms with van der Waals surface area (Å²) < 4.78 is 47.4.